The van der Waals surface area contributed by atoms with Crippen molar-refractivity contribution in [1.29, 1.82) is 0 Å². The Morgan fingerprint density at radius 2 is 1.73 bits per heavy atom. The maximum atomic E-state index is 12.4. The fraction of sp³-hybridized carbons (Fsp3) is 0.600. The van der Waals surface area contributed by atoms with Crippen molar-refractivity contribution in [2.24, 2.45) is 11.8 Å². The smallest absolute Gasteiger partial charge is 0.344 e. The van der Waals surface area contributed by atoms with Crippen LogP contribution in [0.25, 0.3) is 0 Å². The van der Waals surface area contributed by atoms with E-state index in [4.69, 9.17) is 14.2 Å². The van der Waals surface area contributed by atoms with Gasteiger partial charge in [-0.3, -0.25) is 4.79 Å². The van der Waals surface area contributed by atoms with Crippen molar-refractivity contribution >= 4 is 11.9 Å². The van der Waals surface area contributed by atoms with Crippen molar-refractivity contribution in [2.75, 3.05) is 13.2 Å². The molecule has 1 aromatic carbocycles. The second kappa shape index (κ2) is 9.69. The molecule has 1 saturated heterocycles. The van der Waals surface area contributed by atoms with Gasteiger partial charge in [-0.1, -0.05) is 45.9 Å². The molecule has 0 bridgehead atoms. The number of para-hydroxylation sites is 1. The van der Waals surface area contributed by atoms with E-state index in [1.165, 1.54) is 0 Å². The minimum atomic E-state index is -0.841. The van der Waals surface area contributed by atoms with Gasteiger partial charge in [-0.25, -0.2) is 4.79 Å². The van der Waals surface area contributed by atoms with E-state index >= 15 is 0 Å². The quantitative estimate of drug-likeness (QED) is 0.393. The number of epoxide rings is 1. The van der Waals surface area contributed by atoms with Gasteiger partial charge in [0.2, 0.25) is 0 Å². The van der Waals surface area contributed by atoms with Crippen LogP contribution in [0.1, 0.15) is 34.1 Å². The standard InChI is InChI=1S/C20H29NO5/c1-13(2)10-15(12-24-11-14(3)4)21-19(22)17-18(26-17)20(23)25-16-8-6-5-7-9-16/h5-9,13-15,17-18H,10-12H2,1-4H3,(H,21,22)/t15-,17-,18-/m0/s1. The number of hydrogen-bond donors (Lipinski definition) is 1. The number of amides is 1. The fourth-order valence-corrected chi connectivity index (χ4v) is 2.62. The molecular formula is C20H29NO5. The molecule has 1 heterocycles. The normalized spacial score (nSPS) is 20.1. The predicted octanol–water partition coefficient (Wildman–Crippen LogP) is 2.56. The summed E-state index contributed by atoms with van der Waals surface area (Å²) in [5, 5.41) is 2.94. The van der Waals surface area contributed by atoms with Crippen molar-refractivity contribution in [3.8, 4) is 5.75 Å². The predicted molar refractivity (Wildman–Crippen MR) is 97.8 cm³/mol. The van der Waals surface area contributed by atoms with Crippen molar-refractivity contribution < 1.29 is 23.8 Å². The minimum Gasteiger partial charge on any atom is -0.425 e. The van der Waals surface area contributed by atoms with Crippen LogP contribution in [0.2, 0.25) is 0 Å². The molecule has 144 valence electrons. The highest BCUT2D eigenvalue weighted by Gasteiger charge is 2.52. The Balaban J connectivity index is 1.80. The summed E-state index contributed by atoms with van der Waals surface area (Å²) in [4.78, 5) is 24.4. The maximum Gasteiger partial charge on any atom is 0.344 e. The first-order valence-electron chi connectivity index (χ1n) is 9.17. The van der Waals surface area contributed by atoms with Gasteiger partial charge in [-0.2, -0.15) is 0 Å². The van der Waals surface area contributed by atoms with E-state index in [0.29, 0.717) is 30.8 Å². The van der Waals surface area contributed by atoms with E-state index < -0.39 is 18.2 Å². The van der Waals surface area contributed by atoms with Crippen LogP contribution in [0.3, 0.4) is 0 Å². The van der Waals surface area contributed by atoms with Gasteiger partial charge >= 0.3 is 5.97 Å². The first kappa shape index (κ1) is 20.4. The molecule has 6 nitrogen and oxygen atoms in total. The van der Waals surface area contributed by atoms with Crippen LogP contribution in [0.15, 0.2) is 30.3 Å². The summed E-state index contributed by atoms with van der Waals surface area (Å²) in [6.07, 6.45) is -0.826. The zero-order valence-corrected chi connectivity index (χ0v) is 15.9. The van der Waals surface area contributed by atoms with Crippen LogP contribution in [0.4, 0.5) is 0 Å². The largest absolute Gasteiger partial charge is 0.425 e. The molecule has 1 N–H and O–H groups in total. The number of benzene rings is 1. The lowest BCUT2D eigenvalue weighted by Gasteiger charge is -2.21. The Labute approximate surface area is 155 Å². The van der Waals surface area contributed by atoms with Crippen LogP contribution in [0, 0.1) is 11.8 Å². The second-order valence-corrected chi connectivity index (χ2v) is 7.48. The van der Waals surface area contributed by atoms with E-state index in [9.17, 15) is 9.59 Å². The number of hydrogen-bond acceptors (Lipinski definition) is 5. The third-order valence-corrected chi connectivity index (χ3v) is 3.82. The van der Waals surface area contributed by atoms with E-state index in [2.05, 4.69) is 33.0 Å². The molecule has 1 aliphatic rings. The molecule has 1 aromatic rings. The molecule has 0 aromatic heterocycles. The lowest BCUT2D eigenvalue weighted by atomic mass is 10.0. The highest BCUT2D eigenvalue weighted by atomic mass is 16.6. The third kappa shape index (κ3) is 6.77. The Morgan fingerprint density at radius 1 is 1.04 bits per heavy atom. The molecule has 1 aliphatic heterocycles. The van der Waals surface area contributed by atoms with Gasteiger partial charge in [0.25, 0.3) is 5.91 Å². The Hall–Kier alpha value is -1.92. The SMILES string of the molecule is CC(C)COC[C@H](CC(C)C)NC(=O)[C@H]1O[C@@H]1C(=O)Oc1ccccc1. The molecule has 0 radical (unpaired) electrons. The van der Waals surface area contributed by atoms with Crippen molar-refractivity contribution in [3.63, 3.8) is 0 Å². The highest BCUT2D eigenvalue weighted by molar-refractivity contribution is 5.93. The van der Waals surface area contributed by atoms with Gasteiger partial charge in [-0.15, -0.1) is 0 Å². The van der Waals surface area contributed by atoms with Gasteiger partial charge in [0.15, 0.2) is 12.2 Å². The molecule has 26 heavy (non-hydrogen) atoms. The summed E-state index contributed by atoms with van der Waals surface area (Å²) in [6, 6.07) is 8.64. The summed E-state index contributed by atoms with van der Waals surface area (Å²) in [5.41, 5.74) is 0. The molecule has 0 saturated carbocycles. The summed E-state index contributed by atoms with van der Waals surface area (Å²) in [5.74, 6) is 0.453. The Morgan fingerprint density at radius 3 is 2.35 bits per heavy atom. The van der Waals surface area contributed by atoms with Gasteiger partial charge in [0.1, 0.15) is 5.75 Å². The first-order chi connectivity index (χ1) is 12.4. The van der Waals surface area contributed by atoms with Crippen molar-refractivity contribution in [2.45, 2.75) is 52.4 Å². The van der Waals surface area contributed by atoms with Crippen LogP contribution in [0.5, 0.6) is 5.75 Å². The monoisotopic (exact) mass is 363 g/mol. The van der Waals surface area contributed by atoms with Crippen molar-refractivity contribution in [3.05, 3.63) is 30.3 Å². The van der Waals surface area contributed by atoms with E-state index in [-0.39, 0.29) is 11.9 Å². The molecule has 0 unspecified atom stereocenters. The van der Waals surface area contributed by atoms with E-state index in [1.54, 1.807) is 24.3 Å². The summed E-state index contributed by atoms with van der Waals surface area (Å²) < 4.78 is 16.1. The first-order valence-corrected chi connectivity index (χ1v) is 9.17. The van der Waals surface area contributed by atoms with Gasteiger partial charge in [-0.05, 0) is 30.4 Å². The van der Waals surface area contributed by atoms with Crippen molar-refractivity contribution in [1.82, 2.24) is 5.32 Å². The fourth-order valence-electron chi connectivity index (χ4n) is 2.62. The van der Waals surface area contributed by atoms with E-state index in [1.807, 2.05) is 6.07 Å². The van der Waals surface area contributed by atoms with Crippen LogP contribution in [-0.2, 0) is 19.1 Å². The average molecular weight is 363 g/mol. The molecule has 2 rings (SSSR count). The minimum absolute atomic E-state index is 0.101. The molecule has 6 heteroatoms. The number of esters is 1. The lowest BCUT2D eigenvalue weighted by Crippen LogP contribution is -2.42. The summed E-state index contributed by atoms with van der Waals surface area (Å²) >= 11 is 0. The molecular weight excluding hydrogens is 334 g/mol. The number of ether oxygens (including phenoxy) is 3. The van der Waals surface area contributed by atoms with Gasteiger partial charge in [0.05, 0.1) is 12.6 Å². The third-order valence-electron chi connectivity index (χ3n) is 3.82. The topological polar surface area (TPSA) is 77.2 Å². The van der Waals surface area contributed by atoms with Gasteiger partial charge in [0, 0.05) is 6.61 Å². The van der Waals surface area contributed by atoms with Crippen LogP contribution in [-0.4, -0.2) is 43.3 Å². The molecule has 1 fully saturated rings. The van der Waals surface area contributed by atoms with E-state index in [0.717, 1.165) is 6.42 Å². The molecule has 0 aliphatic carbocycles. The zero-order valence-electron chi connectivity index (χ0n) is 15.9. The number of carbonyl (C=O) groups is 2. The Bertz CT molecular complexity index is 587. The summed E-state index contributed by atoms with van der Waals surface area (Å²) in [6.45, 7) is 9.45. The Kier molecular flexibility index (Phi) is 7.60. The number of nitrogens with one attached hydrogen (secondary N) is 1. The second-order valence-electron chi connectivity index (χ2n) is 7.48. The highest BCUT2D eigenvalue weighted by Crippen LogP contribution is 2.25. The number of carbonyl (C=O) groups excluding carboxylic acids is 2. The molecule has 1 amide bonds. The molecule has 3 atom stereocenters. The van der Waals surface area contributed by atoms with Crippen LogP contribution < -0.4 is 10.1 Å². The maximum absolute atomic E-state index is 12.4. The van der Waals surface area contributed by atoms with Gasteiger partial charge < -0.3 is 19.5 Å². The average Bonchev–Trinajstić information content (AvgIpc) is 3.35. The summed E-state index contributed by atoms with van der Waals surface area (Å²) in [7, 11) is 0. The number of rotatable bonds is 10. The zero-order chi connectivity index (χ0) is 19.1. The molecule has 0 spiro atoms. The lowest BCUT2D eigenvalue weighted by molar-refractivity contribution is -0.136. The van der Waals surface area contributed by atoms with Crippen LogP contribution >= 0.6 is 0 Å².